The fourth-order valence-electron chi connectivity index (χ4n) is 3.32. The number of rotatable bonds is 13. The van der Waals surface area contributed by atoms with Crippen LogP contribution in [0.2, 0.25) is 40.2 Å². The largest absolute Gasteiger partial charge is 0.488 e. The highest BCUT2D eigenvalue weighted by molar-refractivity contribution is 6.57. The number of hydrogen-bond donors (Lipinski definition) is 4. The molecule has 38 heavy (non-hydrogen) atoms. The quantitative estimate of drug-likeness (QED) is 0.125. The van der Waals surface area contributed by atoms with Gasteiger partial charge in [0.2, 0.25) is 0 Å². The van der Waals surface area contributed by atoms with Crippen LogP contribution in [0.5, 0.6) is 11.5 Å². The molecule has 0 aliphatic carbocycles. The Kier molecular flexibility index (Phi) is 13.0. The SMILES string of the molecule is CCC(CO)(CO)COc1c(Cl)c(Cl)c(Cl)c(-c2c(Cl)c(Cl)c(Cl)c(Cl)c2Cl)c1OCC(CC)(CO)CO. The van der Waals surface area contributed by atoms with Crippen LogP contribution < -0.4 is 9.47 Å². The second-order valence-corrected chi connectivity index (χ2v) is 11.9. The molecular formula is C24H26Cl8O6. The van der Waals surface area contributed by atoms with Gasteiger partial charge in [-0.3, -0.25) is 0 Å². The molecule has 0 bridgehead atoms. The summed E-state index contributed by atoms with van der Waals surface area (Å²) in [6.07, 6.45) is 0.699. The number of benzene rings is 2. The summed E-state index contributed by atoms with van der Waals surface area (Å²) < 4.78 is 12.1. The maximum absolute atomic E-state index is 9.97. The number of aliphatic hydroxyl groups is 4. The highest BCUT2D eigenvalue weighted by Gasteiger charge is 2.35. The first-order chi connectivity index (χ1) is 17.8. The van der Waals surface area contributed by atoms with Crippen molar-refractivity contribution in [2.24, 2.45) is 10.8 Å². The second kappa shape index (κ2) is 14.4. The van der Waals surface area contributed by atoms with Gasteiger partial charge in [-0.1, -0.05) is 107 Å². The van der Waals surface area contributed by atoms with E-state index in [9.17, 15) is 20.4 Å². The Bertz CT molecular complexity index is 1110. The molecule has 0 radical (unpaired) electrons. The molecule has 14 heteroatoms. The van der Waals surface area contributed by atoms with Crippen molar-refractivity contribution in [3.8, 4) is 22.6 Å². The second-order valence-electron chi connectivity index (χ2n) is 8.84. The summed E-state index contributed by atoms with van der Waals surface area (Å²) in [4.78, 5) is 0. The van der Waals surface area contributed by atoms with Gasteiger partial charge in [0.05, 0.1) is 91.2 Å². The topological polar surface area (TPSA) is 99.4 Å². The highest BCUT2D eigenvalue weighted by atomic mass is 35.5. The van der Waals surface area contributed by atoms with Crippen molar-refractivity contribution in [3.63, 3.8) is 0 Å². The van der Waals surface area contributed by atoms with Crippen LogP contribution in [0.3, 0.4) is 0 Å². The number of halogens is 8. The maximum Gasteiger partial charge on any atom is 0.182 e. The molecule has 0 heterocycles. The van der Waals surface area contributed by atoms with Crippen molar-refractivity contribution < 1.29 is 29.9 Å². The van der Waals surface area contributed by atoms with Crippen LogP contribution in [-0.4, -0.2) is 60.1 Å². The van der Waals surface area contributed by atoms with Gasteiger partial charge in [-0.05, 0) is 12.8 Å². The number of ether oxygens (including phenoxy) is 2. The average molecular weight is 694 g/mol. The third kappa shape index (κ3) is 6.64. The molecule has 0 saturated heterocycles. The van der Waals surface area contributed by atoms with Gasteiger partial charge >= 0.3 is 0 Å². The lowest BCUT2D eigenvalue weighted by Crippen LogP contribution is -2.36. The van der Waals surface area contributed by atoms with E-state index >= 15 is 0 Å². The predicted octanol–water partition coefficient (Wildman–Crippen LogP) is 8.10. The minimum Gasteiger partial charge on any atom is -0.488 e. The highest BCUT2D eigenvalue weighted by Crippen LogP contribution is 2.58. The molecule has 0 fully saturated rings. The molecule has 0 spiro atoms. The molecule has 0 aliphatic rings. The van der Waals surface area contributed by atoms with Crippen LogP contribution in [0.1, 0.15) is 26.7 Å². The monoisotopic (exact) mass is 690 g/mol. The van der Waals surface area contributed by atoms with E-state index in [1.165, 1.54) is 0 Å². The molecular weight excluding hydrogens is 668 g/mol. The van der Waals surface area contributed by atoms with Gasteiger partial charge < -0.3 is 29.9 Å². The first kappa shape index (κ1) is 34.4. The van der Waals surface area contributed by atoms with E-state index in [-0.39, 0.29) is 76.0 Å². The summed E-state index contributed by atoms with van der Waals surface area (Å²) in [6, 6.07) is 0. The minimum absolute atomic E-state index is 0.00233. The zero-order valence-electron chi connectivity index (χ0n) is 20.3. The van der Waals surface area contributed by atoms with Crippen LogP contribution in [0.25, 0.3) is 11.1 Å². The average Bonchev–Trinajstić information content (AvgIpc) is 2.94. The van der Waals surface area contributed by atoms with Crippen molar-refractivity contribution in [1.29, 1.82) is 0 Å². The lowest BCUT2D eigenvalue weighted by atomic mass is 9.88. The minimum atomic E-state index is -1.06. The number of aliphatic hydroxyl groups excluding tert-OH is 4. The van der Waals surface area contributed by atoms with Crippen molar-refractivity contribution >= 4 is 92.8 Å². The van der Waals surface area contributed by atoms with Crippen molar-refractivity contribution in [3.05, 3.63) is 40.2 Å². The zero-order valence-corrected chi connectivity index (χ0v) is 26.3. The summed E-state index contributed by atoms with van der Waals surface area (Å²) in [5.74, 6) is -0.228. The smallest absolute Gasteiger partial charge is 0.182 e. The predicted molar refractivity (Wildman–Crippen MR) is 157 cm³/mol. The van der Waals surface area contributed by atoms with Gasteiger partial charge in [0.1, 0.15) is 5.02 Å². The van der Waals surface area contributed by atoms with E-state index in [0.717, 1.165) is 0 Å². The lowest BCUT2D eigenvalue weighted by molar-refractivity contribution is 0.00349. The van der Waals surface area contributed by atoms with Crippen molar-refractivity contribution in [2.75, 3.05) is 39.6 Å². The van der Waals surface area contributed by atoms with Gasteiger partial charge in [0.15, 0.2) is 11.5 Å². The molecule has 4 N–H and O–H groups in total. The van der Waals surface area contributed by atoms with Gasteiger partial charge in [0.25, 0.3) is 0 Å². The molecule has 6 nitrogen and oxygen atoms in total. The first-order valence-corrected chi connectivity index (χ1v) is 14.3. The van der Waals surface area contributed by atoms with Crippen LogP contribution in [-0.2, 0) is 0 Å². The van der Waals surface area contributed by atoms with E-state index in [2.05, 4.69) is 0 Å². The Morgan fingerprint density at radius 2 is 0.789 bits per heavy atom. The standard InChI is InChI=1S/C24H26Cl8O6/c1-3-23(5-33,6-34)9-37-21-12(11-13(25)16(28)19(31)17(29)14(11)26)15(27)18(30)20(32)22(21)38-10-24(4-2,7-35)8-36/h33-36H,3-10H2,1-2H3. The first-order valence-electron chi connectivity index (χ1n) is 11.3. The van der Waals surface area contributed by atoms with E-state index in [1.54, 1.807) is 13.8 Å². The molecule has 2 aromatic rings. The Morgan fingerprint density at radius 1 is 0.474 bits per heavy atom. The maximum atomic E-state index is 9.97. The normalized spacial score (nSPS) is 12.3. The Morgan fingerprint density at radius 3 is 1.16 bits per heavy atom. The summed E-state index contributed by atoms with van der Waals surface area (Å²) in [6.45, 7) is 1.50. The van der Waals surface area contributed by atoms with E-state index < -0.39 is 37.3 Å². The van der Waals surface area contributed by atoms with E-state index in [0.29, 0.717) is 12.8 Å². The van der Waals surface area contributed by atoms with E-state index in [4.69, 9.17) is 102 Å². The van der Waals surface area contributed by atoms with E-state index in [1.807, 2.05) is 0 Å². The van der Waals surface area contributed by atoms with Gasteiger partial charge in [-0.2, -0.15) is 0 Å². The lowest BCUT2D eigenvalue weighted by Gasteiger charge is -2.32. The van der Waals surface area contributed by atoms with Gasteiger partial charge in [-0.25, -0.2) is 0 Å². The zero-order chi connectivity index (χ0) is 29.0. The molecule has 0 atom stereocenters. The van der Waals surface area contributed by atoms with Crippen LogP contribution >= 0.6 is 92.8 Å². The molecule has 0 amide bonds. The summed E-state index contributed by atoms with van der Waals surface area (Å²) in [5.41, 5.74) is -2.07. The molecule has 0 unspecified atom stereocenters. The van der Waals surface area contributed by atoms with Crippen LogP contribution in [0.15, 0.2) is 0 Å². The molecule has 0 saturated carbocycles. The molecule has 2 aromatic carbocycles. The number of hydrogen-bond acceptors (Lipinski definition) is 6. The summed E-state index contributed by atoms with van der Waals surface area (Å²) in [7, 11) is 0. The van der Waals surface area contributed by atoms with Crippen LogP contribution in [0.4, 0.5) is 0 Å². The molecule has 2 rings (SSSR count). The molecule has 0 aromatic heterocycles. The Hall–Kier alpha value is 0.200. The van der Waals surface area contributed by atoms with Gasteiger partial charge in [-0.15, -0.1) is 0 Å². The third-order valence-electron chi connectivity index (χ3n) is 6.58. The molecule has 214 valence electrons. The van der Waals surface area contributed by atoms with Crippen LogP contribution in [0, 0.1) is 10.8 Å². The Labute approximate surface area is 261 Å². The third-order valence-corrected chi connectivity index (χ3v) is 10.2. The Balaban J connectivity index is 2.94. The van der Waals surface area contributed by atoms with Crippen molar-refractivity contribution in [2.45, 2.75) is 26.7 Å². The fraction of sp³-hybridized carbons (Fsp3) is 0.500. The summed E-state index contributed by atoms with van der Waals surface area (Å²) in [5, 5.41) is 38.7. The molecule has 0 aliphatic heterocycles. The van der Waals surface area contributed by atoms with Gasteiger partial charge in [0, 0.05) is 5.56 Å². The van der Waals surface area contributed by atoms with Crippen molar-refractivity contribution in [1.82, 2.24) is 0 Å². The fourth-order valence-corrected chi connectivity index (χ4v) is 5.38. The summed E-state index contributed by atoms with van der Waals surface area (Å²) >= 11 is 51.6.